The van der Waals surface area contributed by atoms with Crippen molar-refractivity contribution < 1.29 is 9.21 Å². The maximum Gasteiger partial charge on any atom is 0.230 e. The third-order valence-corrected chi connectivity index (χ3v) is 5.77. The fraction of sp³-hybridized carbons (Fsp3) is 0.208. The molecule has 0 bridgehead atoms. The van der Waals surface area contributed by atoms with E-state index in [9.17, 15) is 4.79 Å². The van der Waals surface area contributed by atoms with Gasteiger partial charge < -0.3 is 9.73 Å². The SMILES string of the molecule is CC(CCc1ccccc1)NC(=O)CSc1nnc(-c2ccco2)n1-c1ccccc1. The Labute approximate surface area is 185 Å². The molecule has 4 aromatic rings. The van der Waals surface area contributed by atoms with Crippen molar-refractivity contribution in [2.24, 2.45) is 0 Å². The number of hydrogen-bond donors (Lipinski definition) is 1. The molecule has 0 saturated heterocycles. The van der Waals surface area contributed by atoms with Crippen molar-refractivity contribution in [3.63, 3.8) is 0 Å². The zero-order valence-electron chi connectivity index (χ0n) is 17.3. The number of amides is 1. The minimum absolute atomic E-state index is 0.0206. The summed E-state index contributed by atoms with van der Waals surface area (Å²) < 4.78 is 7.44. The van der Waals surface area contributed by atoms with E-state index in [-0.39, 0.29) is 17.7 Å². The van der Waals surface area contributed by atoms with Crippen LogP contribution in [0.15, 0.2) is 88.6 Å². The van der Waals surface area contributed by atoms with Gasteiger partial charge in [-0.3, -0.25) is 9.36 Å². The van der Waals surface area contributed by atoms with Crippen molar-refractivity contribution >= 4 is 17.7 Å². The first-order valence-corrected chi connectivity index (χ1v) is 11.2. The average Bonchev–Trinajstić information content (AvgIpc) is 3.47. The van der Waals surface area contributed by atoms with Crippen molar-refractivity contribution in [2.75, 3.05) is 5.75 Å². The molecule has 0 fully saturated rings. The summed E-state index contributed by atoms with van der Waals surface area (Å²) in [5.41, 5.74) is 2.19. The molecule has 0 aliphatic carbocycles. The number of carbonyl (C=O) groups is 1. The molecular formula is C24H24N4O2S. The van der Waals surface area contributed by atoms with Gasteiger partial charge in [0.2, 0.25) is 11.7 Å². The van der Waals surface area contributed by atoms with Crippen LogP contribution >= 0.6 is 11.8 Å². The van der Waals surface area contributed by atoms with Crippen LogP contribution in [0.1, 0.15) is 18.9 Å². The molecule has 4 rings (SSSR count). The third kappa shape index (κ3) is 5.44. The Kier molecular flexibility index (Phi) is 6.84. The standard InChI is InChI=1S/C24H24N4O2S/c1-18(14-15-19-9-4-2-5-10-19)25-22(29)17-31-24-27-26-23(21-13-8-16-30-21)28(24)20-11-6-3-7-12-20/h2-13,16,18H,14-15,17H2,1H3,(H,25,29). The number of benzene rings is 2. The lowest BCUT2D eigenvalue weighted by Gasteiger charge is -2.14. The zero-order valence-corrected chi connectivity index (χ0v) is 18.1. The summed E-state index contributed by atoms with van der Waals surface area (Å²) in [5, 5.41) is 12.3. The quantitative estimate of drug-likeness (QED) is 0.386. The van der Waals surface area contributed by atoms with Crippen LogP contribution in [0, 0.1) is 0 Å². The van der Waals surface area contributed by atoms with Crippen molar-refractivity contribution in [3.05, 3.63) is 84.6 Å². The van der Waals surface area contributed by atoms with Gasteiger partial charge in [0, 0.05) is 11.7 Å². The fourth-order valence-corrected chi connectivity index (χ4v) is 4.05. The minimum atomic E-state index is -0.0206. The number of thioether (sulfide) groups is 1. The molecule has 31 heavy (non-hydrogen) atoms. The van der Waals surface area contributed by atoms with E-state index in [2.05, 4.69) is 27.6 Å². The molecule has 2 aromatic carbocycles. The summed E-state index contributed by atoms with van der Waals surface area (Å²) in [7, 11) is 0. The number of para-hydroxylation sites is 1. The van der Waals surface area contributed by atoms with E-state index in [0.29, 0.717) is 16.7 Å². The van der Waals surface area contributed by atoms with Crippen LogP contribution < -0.4 is 5.32 Å². The van der Waals surface area contributed by atoms with Gasteiger partial charge in [-0.15, -0.1) is 10.2 Å². The summed E-state index contributed by atoms with van der Waals surface area (Å²) in [6.45, 7) is 2.03. The number of hydrogen-bond acceptors (Lipinski definition) is 5. The topological polar surface area (TPSA) is 73.0 Å². The highest BCUT2D eigenvalue weighted by Gasteiger charge is 2.19. The van der Waals surface area contributed by atoms with Crippen LogP contribution in [-0.2, 0) is 11.2 Å². The van der Waals surface area contributed by atoms with Gasteiger partial charge in [-0.05, 0) is 49.6 Å². The Morgan fingerprint density at radius 3 is 2.48 bits per heavy atom. The Bertz CT molecular complexity index is 1100. The van der Waals surface area contributed by atoms with E-state index >= 15 is 0 Å². The van der Waals surface area contributed by atoms with Crippen molar-refractivity contribution in [3.8, 4) is 17.3 Å². The number of aromatic nitrogens is 3. The molecule has 0 aliphatic heterocycles. The molecule has 2 heterocycles. The molecule has 158 valence electrons. The summed E-state index contributed by atoms with van der Waals surface area (Å²) in [6.07, 6.45) is 3.43. The molecule has 0 radical (unpaired) electrons. The summed E-state index contributed by atoms with van der Waals surface area (Å²) in [6, 6.07) is 23.9. The molecule has 2 aromatic heterocycles. The summed E-state index contributed by atoms with van der Waals surface area (Å²) in [4.78, 5) is 12.5. The largest absolute Gasteiger partial charge is 0.461 e. The van der Waals surface area contributed by atoms with E-state index in [0.717, 1.165) is 18.5 Å². The van der Waals surface area contributed by atoms with Gasteiger partial charge in [0.15, 0.2) is 10.9 Å². The normalized spacial score (nSPS) is 11.9. The van der Waals surface area contributed by atoms with Gasteiger partial charge in [-0.1, -0.05) is 60.3 Å². The predicted octanol–water partition coefficient (Wildman–Crippen LogP) is 4.76. The zero-order chi connectivity index (χ0) is 21.5. The van der Waals surface area contributed by atoms with Gasteiger partial charge in [-0.25, -0.2) is 0 Å². The van der Waals surface area contributed by atoms with Crippen LogP contribution in [0.25, 0.3) is 17.3 Å². The van der Waals surface area contributed by atoms with Crippen LogP contribution in [0.2, 0.25) is 0 Å². The maximum absolute atomic E-state index is 12.5. The van der Waals surface area contributed by atoms with Gasteiger partial charge >= 0.3 is 0 Å². The Balaban J connectivity index is 1.39. The number of rotatable bonds is 9. The highest BCUT2D eigenvalue weighted by Crippen LogP contribution is 2.28. The number of carbonyl (C=O) groups excluding carboxylic acids is 1. The van der Waals surface area contributed by atoms with E-state index in [4.69, 9.17) is 4.42 Å². The monoisotopic (exact) mass is 432 g/mol. The van der Waals surface area contributed by atoms with E-state index in [1.54, 1.807) is 6.26 Å². The Morgan fingerprint density at radius 2 is 1.77 bits per heavy atom. The lowest BCUT2D eigenvalue weighted by atomic mass is 10.1. The Morgan fingerprint density at radius 1 is 1.03 bits per heavy atom. The number of nitrogens with zero attached hydrogens (tertiary/aromatic N) is 3. The molecule has 1 atom stereocenters. The smallest absolute Gasteiger partial charge is 0.230 e. The first kappa shape index (κ1) is 20.9. The predicted molar refractivity (Wildman–Crippen MR) is 122 cm³/mol. The number of furan rings is 1. The third-order valence-electron chi connectivity index (χ3n) is 4.84. The van der Waals surface area contributed by atoms with Crippen LogP contribution in [-0.4, -0.2) is 32.5 Å². The minimum Gasteiger partial charge on any atom is -0.461 e. The highest BCUT2D eigenvalue weighted by atomic mass is 32.2. The van der Waals surface area contributed by atoms with Gasteiger partial charge in [0.25, 0.3) is 0 Å². The van der Waals surface area contributed by atoms with Crippen LogP contribution in [0.3, 0.4) is 0 Å². The molecule has 1 amide bonds. The van der Waals surface area contributed by atoms with Gasteiger partial charge in [0.1, 0.15) is 0 Å². The van der Waals surface area contributed by atoms with Gasteiger partial charge in [-0.2, -0.15) is 0 Å². The molecule has 7 heteroatoms. The van der Waals surface area contributed by atoms with Crippen molar-refractivity contribution in [1.29, 1.82) is 0 Å². The van der Waals surface area contributed by atoms with Crippen LogP contribution in [0.5, 0.6) is 0 Å². The molecule has 0 spiro atoms. The molecular weight excluding hydrogens is 408 g/mol. The maximum atomic E-state index is 12.5. The summed E-state index contributed by atoms with van der Waals surface area (Å²) >= 11 is 1.36. The second kappa shape index (κ2) is 10.1. The second-order valence-corrected chi connectivity index (χ2v) is 8.18. The van der Waals surface area contributed by atoms with Crippen molar-refractivity contribution in [1.82, 2.24) is 20.1 Å². The van der Waals surface area contributed by atoms with Crippen molar-refractivity contribution in [2.45, 2.75) is 31.0 Å². The summed E-state index contributed by atoms with van der Waals surface area (Å²) in [5.74, 6) is 1.48. The molecule has 6 nitrogen and oxygen atoms in total. The second-order valence-electron chi connectivity index (χ2n) is 7.24. The van der Waals surface area contributed by atoms with E-state index in [1.807, 2.05) is 72.2 Å². The average molecular weight is 433 g/mol. The first-order valence-electron chi connectivity index (χ1n) is 10.2. The highest BCUT2D eigenvalue weighted by molar-refractivity contribution is 7.99. The number of nitrogens with one attached hydrogen (secondary N) is 1. The molecule has 0 saturated carbocycles. The molecule has 1 N–H and O–H groups in total. The van der Waals surface area contributed by atoms with E-state index in [1.165, 1.54) is 17.3 Å². The molecule has 1 unspecified atom stereocenters. The lowest BCUT2D eigenvalue weighted by Crippen LogP contribution is -2.34. The van der Waals surface area contributed by atoms with Crippen LogP contribution in [0.4, 0.5) is 0 Å². The fourth-order valence-electron chi connectivity index (χ4n) is 3.29. The lowest BCUT2D eigenvalue weighted by molar-refractivity contribution is -0.119. The van der Waals surface area contributed by atoms with Gasteiger partial charge in [0.05, 0.1) is 12.0 Å². The Hall–Kier alpha value is -3.32. The first-order chi connectivity index (χ1) is 15.2. The number of aryl methyl sites for hydroxylation is 1. The molecule has 0 aliphatic rings. The van der Waals surface area contributed by atoms with E-state index < -0.39 is 0 Å².